The summed E-state index contributed by atoms with van der Waals surface area (Å²) in [5, 5.41) is 3.62. The fraction of sp³-hybridized carbons (Fsp3) is 1.00. The van der Waals surface area contributed by atoms with Crippen molar-refractivity contribution >= 4 is 0 Å². The van der Waals surface area contributed by atoms with E-state index in [9.17, 15) is 0 Å². The van der Waals surface area contributed by atoms with E-state index in [0.717, 1.165) is 12.0 Å². The number of hydrogen-bond donors (Lipinski definition) is 1. The van der Waals surface area contributed by atoms with Gasteiger partial charge in [-0.15, -0.1) is 0 Å². The van der Waals surface area contributed by atoms with Crippen LogP contribution in [0, 0.1) is 5.92 Å². The van der Waals surface area contributed by atoms with Gasteiger partial charge in [-0.25, -0.2) is 0 Å². The molecular formula is C17H35N. The molecule has 0 aromatic rings. The first-order valence-electron chi connectivity index (χ1n) is 8.56. The zero-order chi connectivity index (χ0) is 13.1. The molecule has 18 heavy (non-hydrogen) atoms. The van der Waals surface area contributed by atoms with Gasteiger partial charge in [-0.05, 0) is 31.7 Å². The van der Waals surface area contributed by atoms with Crippen LogP contribution in [-0.2, 0) is 0 Å². The Bertz CT molecular complexity index is 174. The van der Waals surface area contributed by atoms with Gasteiger partial charge in [-0.2, -0.15) is 0 Å². The zero-order valence-corrected chi connectivity index (χ0v) is 12.8. The van der Waals surface area contributed by atoms with Crippen LogP contribution in [0.15, 0.2) is 0 Å². The molecule has 1 rings (SSSR count). The highest BCUT2D eigenvalue weighted by atomic mass is 14.9. The summed E-state index contributed by atoms with van der Waals surface area (Å²) >= 11 is 0. The highest BCUT2D eigenvalue weighted by Gasteiger charge is 2.19. The van der Waals surface area contributed by atoms with Gasteiger partial charge >= 0.3 is 0 Å². The van der Waals surface area contributed by atoms with E-state index in [1.807, 2.05) is 0 Å². The molecular weight excluding hydrogens is 218 g/mol. The average Bonchev–Trinajstić information content (AvgIpc) is 3.17. The van der Waals surface area contributed by atoms with Crippen LogP contribution in [0.25, 0.3) is 0 Å². The van der Waals surface area contributed by atoms with E-state index in [0.29, 0.717) is 0 Å². The summed E-state index contributed by atoms with van der Waals surface area (Å²) in [6.45, 7) is 5.97. The maximum atomic E-state index is 3.62. The molecule has 108 valence electrons. The summed E-state index contributed by atoms with van der Waals surface area (Å²) < 4.78 is 0. The second-order valence-electron chi connectivity index (χ2n) is 6.39. The van der Waals surface area contributed by atoms with E-state index in [-0.39, 0.29) is 0 Å². The molecule has 1 saturated carbocycles. The highest BCUT2D eigenvalue weighted by Crippen LogP contribution is 2.19. The Morgan fingerprint density at radius 2 is 1.50 bits per heavy atom. The topological polar surface area (TPSA) is 12.0 Å². The Labute approximate surface area is 115 Å². The lowest BCUT2D eigenvalue weighted by Gasteiger charge is -2.11. The zero-order valence-electron chi connectivity index (χ0n) is 12.8. The van der Waals surface area contributed by atoms with E-state index in [1.54, 1.807) is 0 Å². The third-order valence-electron chi connectivity index (χ3n) is 4.20. The number of hydrogen-bond acceptors (Lipinski definition) is 1. The van der Waals surface area contributed by atoms with Gasteiger partial charge in [0.2, 0.25) is 0 Å². The van der Waals surface area contributed by atoms with Crippen LogP contribution in [0.3, 0.4) is 0 Å². The number of unbranched alkanes of at least 4 members (excludes halogenated alkanes) is 7. The SMILES string of the molecule is CCCCCCCCCCC(C)CCNC1CC1. The molecule has 1 aliphatic rings. The molecule has 0 saturated heterocycles. The first-order valence-corrected chi connectivity index (χ1v) is 8.56. The van der Waals surface area contributed by atoms with Crippen molar-refractivity contribution in [2.24, 2.45) is 5.92 Å². The first kappa shape index (κ1) is 16.0. The second-order valence-corrected chi connectivity index (χ2v) is 6.39. The minimum absolute atomic E-state index is 0.889. The monoisotopic (exact) mass is 253 g/mol. The Morgan fingerprint density at radius 3 is 2.11 bits per heavy atom. The maximum absolute atomic E-state index is 3.62. The predicted octanol–water partition coefficient (Wildman–Crippen LogP) is 5.30. The standard InChI is InChI=1S/C17H35N/c1-3-4-5-6-7-8-9-10-11-16(2)14-15-18-17-12-13-17/h16-18H,3-15H2,1-2H3. The summed E-state index contributed by atoms with van der Waals surface area (Å²) in [5.74, 6) is 0.927. The van der Waals surface area contributed by atoms with Gasteiger partial charge in [-0.1, -0.05) is 71.6 Å². The summed E-state index contributed by atoms with van der Waals surface area (Å²) in [7, 11) is 0. The minimum Gasteiger partial charge on any atom is -0.314 e. The average molecular weight is 253 g/mol. The van der Waals surface area contributed by atoms with Gasteiger partial charge in [0.15, 0.2) is 0 Å². The number of nitrogens with one attached hydrogen (secondary N) is 1. The number of rotatable bonds is 13. The van der Waals surface area contributed by atoms with Gasteiger partial charge in [0, 0.05) is 6.04 Å². The second kappa shape index (κ2) is 10.8. The Hall–Kier alpha value is -0.0400. The van der Waals surface area contributed by atoms with Crippen LogP contribution >= 0.6 is 0 Å². The molecule has 1 fully saturated rings. The van der Waals surface area contributed by atoms with E-state index < -0.39 is 0 Å². The quantitative estimate of drug-likeness (QED) is 0.439. The van der Waals surface area contributed by atoms with Crippen LogP contribution in [0.1, 0.15) is 90.9 Å². The third kappa shape index (κ3) is 9.94. The van der Waals surface area contributed by atoms with Crippen molar-refractivity contribution in [1.29, 1.82) is 0 Å². The maximum Gasteiger partial charge on any atom is 0.00682 e. The lowest BCUT2D eigenvalue weighted by atomic mass is 9.99. The van der Waals surface area contributed by atoms with Crippen LogP contribution < -0.4 is 5.32 Å². The predicted molar refractivity (Wildman–Crippen MR) is 82.0 cm³/mol. The Balaban J connectivity index is 1.73. The molecule has 0 heterocycles. The van der Waals surface area contributed by atoms with Crippen LogP contribution in [0.5, 0.6) is 0 Å². The largest absolute Gasteiger partial charge is 0.314 e. The molecule has 1 unspecified atom stereocenters. The molecule has 1 aliphatic carbocycles. The molecule has 0 aromatic heterocycles. The summed E-state index contributed by atoms with van der Waals surface area (Å²) in [5.41, 5.74) is 0. The van der Waals surface area contributed by atoms with Gasteiger partial charge in [0.25, 0.3) is 0 Å². The summed E-state index contributed by atoms with van der Waals surface area (Å²) in [6.07, 6.45) is 17.3. The van der Waals surface area contributed by atoms with Gasteiger partial charge < -0.3 is 5.32 Å². The Kier molecular flexibility index (Phi) is 9.65. The molecule has 1 heteroatoms. The molecule has 0 aliphatic heterocycles. The van der Waals surface area contributed by atoms with Crippen molar-refractivity contribution < 1.29 is 0 Å². The fourth-order valence-corrected chi connectivity index (χ4v) is 2.59. The van der Waals surface area contributed by atoms with Gasteiger partial charge in [-0.3, -0.25) is 0 Å². The highest BCUT2D eigenvalue weighted by molar-refractivity contribution is 4.80. The van der Waals surface area contributed by atoms with Crippen LogP contribution in [0.4, 0.5) is 0 Å². The van der Waals surface area contributed by atoms with E-state index in [1.165, 1.54) is 83.6 Å². The van der Waals surface area contributed by atoms with Crippen molar-refractivity contribution in [3.63, 3.8) is 0 Å². The van der Waals surface area contributed by atoms with Gasteiger partial charge in [0.05, 0.1) is 0 Å². The van der Waals surface area contributed by atoms with Crippen molar-refractivity contribution in [1.82, 2.24) is 5.32 Å². The molecule has 0 spiro atoms. The summed E-state index contributed by atoms with van der Waals surface area (Å²) in [4.78, 5) is 0. The lowest BCUT2D eigenvalue weighted by molar-refractivity contribution is 0.440. The third-order valence-corrected chi connectivity index (χ3v) is 4.20. The minimum atomic E-state index is 0.889. The fourth-order valence-electron chi connectivity index (χ4n) is 2.59. The lowest BCUT2D eigenvalue weighted by Crippen LogP contribution is -2.19. The molecule has 1 N–H and O–H groups in total. The molecule has 1 atom stereocenters. The van der Waals surface area contributed by atoms with E-state index in [2.05, 4.69) is 19.2 Å². The van der Waals surface area contributed by atoms with Crippen molar-refractivity contribution in [2.45, 2.75) is 96.9 Å². The summed E-state index contributed by atoms with van der Waals surface area (Å²) in [6, 6.07) is 0.889. The molecule has 0 bridgehead atoms. The smallest absolute Gasteiger partial charge is 0.00682 e. The molecule has 0 radical (unpaired) electrons. The van der Waals surface area contributed by atoms with Crippen LogP contribution in [-0.4, -0.2) is 12.6 Å². The van der Waals surface area contributed by atoms with Crippen LogP contribution in [0.2, 0.25) is 0 Å². The van der Waals surface area contributed by atoms with Crippen molar-refractivity contribution in [2.75, 3.05) is 6.54 Å². The van der Waals surface area contributed by atoms with Crippen molar-refractivity contribution in [3.05, 3.63) is 0 Å². The normalized spacial score (nSPS) is 17.0. The molecule has 0 amide bonds. The first-order chi connectivity index (χ1) is 8.83. The molecule has 0 aromatic carbocycles. The Morgan fingerprint density at radius 1 is 0.889 bits per heavy atom. The van der Waals surface area contributed by atoms with E-state index in [4.69, 9.17) is 0 Å². The molecule has 1 nitrogen and oxygen atoms in total. The van der Waals surface area contributed by atoms with Gasteiger partial charge in [0.1, 0.15) is 0 Å². The van der Waals surface area contributed by atoms with E-state index >= 15 is 0 Å². The van der Waals surface area contributed by atoms with Crippen molar-refractivity contribution in [3.8, 4) is 0 Å².